The molecule has 1 aliphatic heterocycles. The van der Waals surface area contributed by atoms with E-state index in [9.17, 15) is 4.79 Å². The van der Waals surface area contributed by atoms with Crippen LogP contribution in [0.15, 0.2) is 12.7 Å². The van der Waals surface area contributed by atoms with Crippen molar-refractivity contribution in [2.75, 3.05) is 13.1 Å². The van der Waals surface area contributed by atoms with Crippen LogP contribution in [0.3, 0.4) is 0 Å². The first-order valence-corrected chi connectivity index (χ1v) is 4.44. The molecular weight excluding hydrogens is 150 g/mol. The summed E-state index contributed by atoms with van der Waals surface area (Å²) < 4.78 is 0. The Morgan fingerprint density at radius 3 is 2.83 bits per heavy atom. The van der Waals surface area contributed by atoms with Crippen molar-refractivity contribution in [2.45, 2.75) is 26.7 Å². The van der Waals surface area contributed by atoms with E-state index in [1.165, 1.54) is 0 Å². The van der Waals surface area contributed by atoms with Gasteiger partial charge in [-0.1, -0.05) is 19.9 Å². The lowest BCUT2D eigenvalue weighted by atomic mass is 9.82. The maximum Gasteiger partial charge on any atom is 0.223 e. The second kappa shape index (κ2) is 3.30. The van der Waals surface area contributed by atoms with E-state index in [1.54, 1.807) is 6.08 Å². The van der Waals surface area contributed by atoms with Crippen LogP contribution in [0.4, 0.5) is 0 Å². The van der Waals surface area contributed by atoms with E-state index in [0.29, 0.717) is 13.0 Å². The van der Waals surface area contributed by atoms with Crippen LogP contribution in [0.25, 0.3) is 0 Å². The molecule has 0 aromatic heterocycles. The average Bonchev–Trinajstić information content (AvgIpc) is 1.94. The number of hydrogen-bond acceptors (Lipinski definition) is 1. The second-order valence-corrected chi connectivity index (χ2v) is 4.22. The van der Waals surface area contributed by atoms with Crippen LogP contribution in [-0.4, -0.2) is 23.9 Å². The predicted octanol–water partition coefficient (Wildman–Crippen LogP) is 1.82. The zero-order valence-electron chi connectivity index (χ0n) is 7.97. The lowest BCUT2D eigenvalue weighted by Crippen LogP contribution is -2.41. The Labute approximate surface area is 74.2 Å². The van der Waals surface area contributed by atoms with Gasteiger partial charge < -0.3 is 4.90 Å². The lowest BCUT2D eigenvalue weighted by molar-refractivity contribution is -0.136. The van der Waals surface area contributed by atoms with Crippen molar-refractivity contribution < 1.29 is 4.79 Å². The summed E-state index contributed by atoms with van der Waals surface area (Å²) in [4.78, 5) is 13.4. The third kappa shape index (κ3) is 2.10. The number of hydrogen-bond donors (Lipinski definition) is 0. The first-order chi connectivity index (χ1) is 5.55. The van der Waals surface area contributed by atoms with Crippen molar-refractivity contribution in [1.82, 2.24) is 4.90 Å². The Morgan fingerprint density at radius 2 is 2.33 bits per heavy atom. The number of carbonyl (C=O) groups is 1. The van der Waals surface area contributed by atoms with Gasteiger partial charge in [-0.3, -0.25) is 4.79 Å². The van der Waals surface area contributed by atoms with Crippen LogP contribution >= 0.6 is 0 Å². The van der Waals surface area contributed by atoms with E-state index in [1.807, 2.05) is 4.90 Å². The highest BCUT2D eigenvalue weighted by Crippen LogP contribution is 2.30. The summed E-state index contributed by atoms with van der Waals surface area (Å²) in [6.45, 7) is 9.52. The zero-order valence-corrected chi connectivity index (χ0v) is 7.97. The fourth-order valence-electron chi connectivity index (χ4n) is 1.52. The van der Waals surface area contributed by atoms with Crippen LogP contribution < -0.4 is 0 Å². The lowest BCUT2D eigenvalue weighted by Gasteiger charge is -2.35. The van der Waals surface area contributed by atoms with E-state index >= 15 is 0 Å². The van der Waals surface area contributed by atoms with Crippen LogP contribution in [0.5, 0.6) is 0 Å². The van der Waals surface area contributed by atoms with Crippen molar-refractivity contribution in [3.63, 3.8) is 0 Å². The smallest absolute Gasteiger partial charge is 0.223 e. The molecule has 68 valence electrons. The van der Waals surface area contributed by atoms with Crippen LogP contribution in [0.1, 0.15) is 26.7 Å². The van der Waals surface area contributed by atoms with Gasteiger partial charge in [0, 0.05) is 19.5 Å². The molecule has 0 N–H and O–H groups in total. The van der Waals surface area contributed by atoms with E-state index < -0.39 is 0 Å². The normalized spacial score (nSPS) is 22.5. The maximum absolute atomic E-state index is 11.5. The molecule has 1 heterocycles. The first-order valence-electron chi connectivity index (χ1n) is 4.44. The van der Waals surface area contributed by atoms with Gasteiger partial charge in [-0.05, 0) is 11.8 Å². The molecule has 0 unspecified atom stereocenters. The molecular formula is C10H17NO. The number of piperidine rings is 1. The third-order valence-corrected chi connectivity index (χ3v) is 2.39. The minimum atomic E-state index is 0.203. The fraction of sp³-hybridized carbons (Fsp3) is 0.700. The van der Waals surface area contributed by atoms with Gasteiger partial charge in [0.25, 0.3) is 0 Å². The van der Waals surface area contributed by atoms with Gasteiger partial charge in [-0.25, -0.2) is 0 Å². The van der Waals surface area contributed by atoms with E-state index in [0.717, 1.165) is 13.0 Å². The van der Waals surface area contributed by atoms with Gasteiger partial charge in [0.2, 0.25) is 5.91 Å². The zero-order chi connectivity index (χ0) is 9.19. The van der Waals surface area contributed by atoms with Crippen LogP contribution in [0, 0.1) is 5.41 Å². The molecule has 1 fully saturated rings. The number of amides is 1. The van der Waals surface area contributed by atoms with Crippen molar-refractivity contribution >= 4 is 5.91 Å². The van der Waals surface area contributed by atoms with E-state index in [-0.39, 0.29) is 11.3 Å². The molecule has 1 aliphatic rings. The van der Waals surface area contributed by atoms with Gasteiger partial charge in [0.1, 0.15) is 0 Å². The summed E-state index contributed by atoms with van der Waals surface area (Å²) in [5, 5.41) is 0. The molecule has 0 aromatic rings. The van der Waals surface area contributed by atoms with Crippen molar-refractivity contribution in [1.29, 1.82) is 0 Å². The highest BCUT2D eigenvalue weighted by Gasteiger charge is 2.30. The van der Waals surface area contributed by atoms with Gasteiger partial charge in [-0.15, -0.1) is 6.58 Å². The first kappa shape index (κ1) is 9.30. The Hall–Kier alpha value is -0.790. The van der Waals surface area contributed by atoms with Gasteiger partial charge in [0.15, 0.2) is 0 Å². The summed E-state index contributed by atoms with van der Waals surface area (Å²) >= 11 is 0. The monoisotopic (exact) mass is 167 g/mol. The molecule has 0 bridgehead atoms. The van der Waals surface area contributed by atoms with Gasteiger partial charge in [0.05, 0.1) is 0 Å². The van der Waals surface area contributed by atoms with Crippen molar-refractivity contribution in [2.24, 2.45) is 5.41 Å². The number of nitrogens with zero attached hydrogens (tertiary/aromatic N) is 1. The van der Waals surface area contributed by atoms with Crippen molar-refractivity contribution in [3.05, 3.63) is 12.7 Å². The summed E-state index contributed by atoms with van der Waals surface area (Å²) in [5.74, 6) is 0.270. The molecule has 0 spiro atoms. The van der Waals surface area contributed by atoms with Crippen molar-refractivity contribution in [3.8, 4) is 0 Å². The molecule has 0 aromatic carbocycles. The molecule has 1 saturated heterocycles. The third-order valence-electron chi connectivity index (χ3n) is 2.39. The topological polar surface area (TPSA) is 20.3 Å². The molecule has 0 saturated carbocycles. The average molecular weight is 167 g/mol. The van der Waals surface area contributed by atoms with Gasteiger partial charge >= 0.3 is 0 Å². The summed E-state index contributed by atoms with van der Waals surface area (Å²) in [7, 11) is 0. The van der Waals surface area contributed by atoms with E-state index in [4.69, 9.17) is 0 Å². The largest absolute Gasteiger partial charge is 0.339 e. The van der Waals surface area contributed by atoms with E-state index in [2.05, 4.69) is 20.4 Å². The Bertz CT molecular complexity index is 196. The molecule has 0 atom stereocenters. The highest BCUT2D eigenvalue weighted by atomic mass is 16.2. The molecule has 0 aliphatic carbocycles. The summed E-state index contributed by atoms with van der Waals surface area (Å²) in [6.07, 6.45) is 3.57. The summed E-state index contributed by atoms with van der Waals surface area (Å²) in [5.41, 5.74) is 0.203. The quantitative estimate of drug-likeness (QED) is 0.574. The molecule has 12 heavy (non-hydrogen) atoms. The number of rotatable bonds is 2. The molecule has 0 radical (unpaired) electrons. The SMILES string of the molecule is C=CCN1CCC(C)(C)CC1=O. The standard InChI is InChI=1S/C10H17NO/c1-4-6-11-7-5-10(2,3)8-9(11)12/h4H,1,5-8H2,2-3H3. The molecule has 2 nitrogen and oxygen atoms in total. The Kier molecular flexibility index (Phi) is 2.55. The number of carbonyl (C=O) groups excluding carboxylic acids is 1. The Balaban J connectivity index is 2.53. The summed E-state index contributed by atoms with van der Waals surface area (Å²) in [6, 6.07) is 0. The Morgan fingerprint density at radius 1 is 1.67 bits per heavy atom. The minimum Gasteiger partial charge on any atom is -0.339 e. The fourth-order valence-corrected chi connectivity index (χ4v) is 1.52. The minimum absolute atomic E-state index is 0.203. The number of likely N-dealkylation sites (tertiary alicyclic amines) is 1. The van der Waals surface area contributed by atoms with Crippen LogP contribution in [-0.2, 0) is 4.79 Å². The predicted molar refractivity (Wildman–Crippen MR) is 49.8 cm³/mol. The second-order valence-electron chi connectivity index (χ2n) is 4.22. The highest BCUT2D eigenvalue weighted by molar-refractivity contribution is 5.77. The molecule has 2 heteroatoms. The van der Waals surface area contributed by atoms with Gasteiger partial charge in [-0.2, -0.15) is 0 Å². The molecule has 1 amide bonds. The molecule has 1 rings (SSSR count). The maximum atomic E-state index is 11.5. The van der Waals surface area contributed by atoms with Crippen LogP contribution in [0.2, 0.25) is 0 Å².